The van der Waals surface area contributed by atoms with Crippen LogP contribution in [0.5, 0.6) is 23.0 Å². The quantitative estimate of drug-likeness (QED) is 0.180. The highest BCUT2D eigenvalue weighted by atomic mass is 127. The molecule has 0 unspecified atom stereocenters. The standard InChI is InChI=1S/C29H29IN2O8S/c1-6-37-21-10-9-18(14-22(21)38-7-2)25-19(28(35)36-5)15-31-29-32(25)27(34)24(41-29)13-17-11-20(30)26(40-16(4)33)23(12-17)39-8-3/h9-15,25H,6-8H2,1-5H3/b24-13+/t25-/m0/s1. The maximum atomic E-state index is 13.9. The van der Waals surface area contributed by atoms with Crippen molar-refractivity contribution in [1.82, 2.24) is 4.57 Å². The van der Waals surface area contributed by atoms with Crippen LogP contribution >= 0.6 is 33.9 Å². The van der Waals surface area contributed by atoms with Gasteiger partial charge in [0.2, 0.25) is 0 Å². The number of methoxy groups -OCH3 is 1. The zero-order valence-electron chi connectivity index (χ0n) is 23.2. The lowest BCUT2D eigenvalue weighted by Crippen LogP contribution is -2.39. The molecule has 0 radical (unpaired) electrons. The second kappa shape index (κ2) is 13.3. The highest BCUT2D eigenvalue weighted by molar-refractivity contribution is 14.1. The lowest BCUT2D eigenvalue weighted by molar-refractivity contribution is -0.136. The second-order valence-electron chi connectivity index (χ2n) is 8.60. The van der Waals surface area contributed by atoms with Crippen LogP contribution in [0.1, 0.15) is 44.9 Å². The molecule has 216 valence electrons. The van der Waals surface area contributed by atoms with Crippen LogP contribution in [0.3, 0.4) is 0 Å². The summed E-state index contributed by atoms with van der Waals surface area (Å²) in [6.07, 6.45) is 3.15. The van der Waals surface area contributed by atoms with Crippen molar-refractivity contribution in [2.24, 2.45) is 4.99 Å². The van der Waals surface area contributed by atoms with Crippen molar-refractivity contribution in [1.29, 1.82) is 0 Å². The zero-order chi connectivity index (χ0) is 29.7. The van der Waals surface area contributed by atoms with Crippen molar-refractivity contribution in [2.45, 2.75) is 33.7 Å². The van der Waals surface area contributed by atoms with Crippen LogP contribution in [0.25, 0.3) is 6.08 Å². The fraction of sp³-hybridized carbons (Fsp3) is 0.310. The van der Waals surface area contributed by atoms with Crippen LogP contribution in [0, 0.1) is 3.57 Å². The predicted molar refractivity (Wildman–Crippen MR) is 162 cm³/mol. The molecule has 4 rings (SSSR count). The van der Waals surface area contributed by atoms with E-state index in [4.69, 9.17) is 23.7 Å². The third-order valence-electron chi connectivity index (χ3n) is 5.88. The minimum Gasteiger partial charge on any atom is -0.490 e. The number of thiazole rings is 1. The number of hydrogen-bond acceptors (Lipinski definition) is 10. The molecule has 1 aromatic heterocycles. The Balaban J connectivity index is 1.89. The van der Waals surface area contributed by atoms with Gasteiger partial charge < -0.3 is 23.7 Å². The van der Waals surface area contributed by atoms with E-state index in [1.807, 2.05) is 20.8 Å². The second-order valence-corrected chi connectivity index (χ2v) is 10.8. The molecule has 0 fully saturated rings. The fourth-order valence-electron chi connectivity index (χ4n) is 4.32. The van der Waals surface area contributed by atoms with E-state index < -0.39 is 18.0 Å². The summed E-state index contributed by atoms with van der Waals surface area (Å²) in [6.45, 7) is 8.11. The van der Waals surface area contributed by atoms with Gasteiger partial charge in [-0.15, -0.1) is 0 Å². The predicted octanol–water partition coefficient (Wildman–Crippen LogP) is 3.74. The van der Waals surface area contributed by atoms with Crippen molar-refractivity contribution < 1.29 is 33.3 Å². The first-order valence-electron chi connectivity index (χ1n) is 12.9. The number of esters is 2. The molecule has 3 aromatic rings. The normalized spacial score (nSPS) is 14.4. The van der Waals surface area contributed by atoms with Crippen molar-refractivity contribution in [2.75, 3.05) is 26.9 Å². The molecule has 2 aromatic carbocycles. The monoisotopic (exact) mass is 692 g/mol. The molecule has 2 heterocycles. The molecule has 10 nitrogen and oxygen atoms in total. The molecular formula is C29H29IN2O8S. The van der Waals surface area contributed by atoms with Crippen LogP contribution in [0.15, 0.2) is 51.9 Å². The molecule has 41 heavy (non-hydrogen) atoms. The molecule has 0 saturated carbocycles. The summed E-state index contributed by atoms with van der Waals surface area (Å²) in [7, 11) is 1.28. The summed E-state index contributed by atoms with van der Waals surface area (Å²) in [6, 6.07) is 8.01. The average Bonchev–Trinajstić information content (AvgIpc) is 3.25. The van der Waals surface area contributed by atoms with E-state index in [-0.39, 0.29) is 11.1 Å². The molecule has 1 aliphatic rings. The third kappa shape index (κ3) is 6.48. The Bertz CT molecular complexity index is 1690. The number of fused-ring (bicyclic) bond motifs is 1. The minimum absolute atomic E-state index is 0.206. The van der Waals surface area contributed by atoms with Crippen molar-refractivity contribution >= 4 is 51.9 Å². The van der Waals surface area contributed by atoms with Crippen LogP contribution < -0.4 is 33.8 Å². The van der Waals surface area contributed by atoms with Gasteiger partial charge in [-0.3, -0.25) is 14.2 Å². The highest BCUT2D eigenvalue weighted by Crippen LogP contribution is 2.36. The summed E-state index contributed by atoms with van der Waals surface area (Å²) in [5.74, 6) is 0.705. The van der Waals surface area contributed by atoms with E-state index in [1.165, 1.54) is 36.1 Å². The van der Waals surface area contributed by atoms with Gasteiger partial charge in [0, 0.05) is 13.1 Å². The van der Waals surface area contributed by atoms with E-state index in [2.05, 4.69) is 27.6 Å². The summed E-state index contributed by atoms with van der Waals surface area (Å²) >= 11 is 3.25. The Hall–Kier alpha value is -3.65. The van der Waals surface area contributed by atoms with E-state index in [9.17, 15) is 14.4 Å². The molecule has 0 aliphatic carbocycles. The lowest BCUT2D eigenvalue weighted by Gasteiger charge is -2.23. The Morgan fingerprint density at radius 2 is 1.71 bits per heavy atom. The molecule has 0 spiro atoms. The topological polar surface area (TPSA) is 115 Å². The maximum absolute atomic E-state index is 13.9. The van der Waals surface area contributed by atoms with Gasteiger partial charge in [-0.1, -0.05) is 17.4 Å². The molecular weight excluding hydrogens is 663 g/mol. The van der Waals surface area contributed by atoms with Crippen molar-refractivity contribution in [3.63, 3.8) is 0 Å². The number of aromatic nitrogens is 1. The van der Waals surface area contributed by atoms with Crippen molar-refractivity contribution in [3.8, 4) is 23.0 Å². The van der Waals surface area contributed by atoms with Crippen molar-refractivity contribution in [3.05, 3.63) is 76.5 Å². The first-order chi connectivity index (χ1) is 19.7. The largest absolute Gasteiger partial charge is 0.490 e. The van der Waals surface area contributed by atoms with Gasteiger partial charge >= 0.3 is 11.9 Å². The van der Waals surface area contributed by atoms with Gasteiger partial charge in [0.05, 0.1) is 46.6 Å². The SMILES string of the molecule is CCOc1ccc([C@H]2C(C(=O)OC)=CN=c3s/c(=C/c4cc(I)c(OC(C)=O)c(OCC)c4)c(=O)n32)cc1OCC. The van der Waals surface area contributed by atoms with E-state index in [1.54, 1.807) is 36.4 Å². The summed E-state index contributed by atoms with van der Waals surface area (Å²) in [5.41, 5.74) is 1.17. The molecule has 0 bridgehead atoms. The molecule has 0 N–H and O–H groups in total. The number of carbonyl (C=O) groups is 2. The highest BCUT2D eigenvalue weighted by Gasteiger charge is 2.31. The minimum atomic E-state index is -0.804. The van der Waals surface area contributed by atoms with Crippen LogP contribution in [-0.2, 0) is 14.3 Å². The molecule has 0 saturated heterocycles. The first kappa shape index (κ1) is 30.3. The van der Waals surface area contributed by atoms with Gasteiger partial charge in [-0.25, -0.2) is 9.79 Å². The molecule has 1 aliphatic heterocycles. The Morgan fingerprint density at radius 1 is 1.02 bits per heavy atom. The van der Waals surface area contributed by atoms with Gasteiger partial charge in [-0.2, -0.15) is 0 Å². The smallest absolute Gasteiger partial charge is 0.337 e. The first-order valence-corrected chi connectivity index (χ1v) is 14.7. The average molecular weight is 693 g/mol. The number of benzene rings is 2. The number of rotatable bonds is 10. The Labute approximate surface area is 254 Å². The molecule has 0 amide bonds. The van der Waals surface area contributed by atoms with Crippen LogP contribution in [0.4, 0.5) is 0 Å². The zero-order valence-corrected chi connectivity index (χ0v) is 26.2. The number of halogens is 1. The van der Waals surface area contributed by atoms with Crippen LogP contribution in [-0.4, -0.2) is 43.4 Å². The summed E-state index contributed by atoms with van der Waals surface area (Å²) in [5, 5.41) is 0. The van der Waals surface area contributed by atoms with E-state index >= 15 is 0 Å². The maximum Gasteiger partial charge on any atom is 0.337 e. The number of hydrogen-bond donors (Lipinski definition) is 0. The molecule has 12 heteroatoms. The van der Waals surface area contributed by atoms with Crippen LogP contribution in [0.2, 0.25) is 0 Å². The fourth-order valence-corrected chi connectivity index (χ4v) is 6.02. The van der Waals surface area contributed by atoms with Gasteiger partial charge in [0.1, 0.15) is 0 Å². The van der Waals surface area contributed by atoms with Gasteiger partial charge in [0.15, 0.2) is 27.8 Å². The Morgan fingerprint density at radius 3 is 2.37 bits per heavy atom. The number of ether oxygens (including phenoxy) is 5. The Kier molecular flexibility index (Phi) is 9.86. The number of nitrogens with zero attached hydrogens (tertiary/aromatic N) is 2. The molecule has 1 atom stereocenters. The van der Waals surface area contributed by atoms with E-state index in [0.29, 0.717) is 66.8 Å². The summed E-state index contributed by atoms with van der Waals surface area (Å²) < 4.78 is 30.1. The van der Waals surface area contributed by atoms with Gasteiger partial charge in [-0.05, 0) is 84.8 Å². The number of carbonyl (C=O) groups excluding carboxylic acids is 2. The third-order valence-corrected chi connectivity index (χ3v) is 7.68. The lowest BCUT2D eigenvalue weighted by atomic mass is 9.97. The van der Waals surface area contributed by atoms with Gasteiger partial charge in [0.25, 0.3) is 5.56 Å². The summed E-state index contributed by atoms with van der Waals surface area (Å²) in [4.78, 5) is 43.2. The van der Waals surface area contributed by atoms with E-state index in [0.717, 1.165) is 0 Å².